The highest BCUT2D eigenvalue weighted by Crippen LogP contribution is 2.19. The van der Waals surface area contributed by atoms with Gasteiger partial charge in [-0.1, -0.05) is 6.92 Å². The predicted octanol–water partition coefficient (Wildman–Crippen LogP) is 2.45. The number of furan rings is 1. The fourth-order valence-corrected chi connectivity index (χ4v) is 2.24. The average molecular weight is 272 g/mol. The highest BCUT2D eigenvalue weighted by molar-refractivity contribution is 9.10. The molecule has 1 aromatic rings. The summed E-state index contributed by atoms with van der Waals surface area (Å²) in [6.45, 7) is 4.48. The molecule has 3 nitrogen and oxygen atoms in total. The van der Waals surface area contributed by atoms with Crippen LogP contribution in [0.1, 0.15) is 19.1 Å². The van der Waals surface area contributed by atoms with Crippen molar-refractivity contribution in [3.8, 4) is 0 Å². The van der Waals surface area contributed by atoms with Gasteiger partial charge in [-0.2, -0.15) is 0 Å². The van der Waals surface area contributed by atoms with E-state index in [0.717, 1.165) is 30.1 Å². The molecule has 0 saturated carbocycles. The van der Waals surface area contributed by atoms with Gasteiger partial charge in [0.25, 0.3) is 0 Å². The van der Waals surface area contributed by atoms with Gasteiger partial charge in [0.1, 0.15) is 11.5 Å². The van der Waals surface area contributed by atoms with Crippen LogP contribution in [0.4, 0.5) is 0 Å². The van der Waals surface area contributed by atoms with E-state index in [1.807, 2.05) is 19.1 Å². The minimum atomic E-state index is 0.164. The molecule has 2 heterocycles. The van der Waals surface area contributed by atoms with Crippen molar-refractivity contribution in [2.75, 3.05) is 13.1 Å². The molecular formula is C11H14BrNO2. The lowest BCUT2D eigenvalue weighted by molar-refractivity contribution is -0.125. The number of hydrogen-bond acceptors (Lipinski definition) is 3. The van der Waals surface area contributed by atoms with Gasteiger partial charge < -0.3 is 4.42 Å². The van der Waals surface area contributed by atoms with Crippen molar-refractivity contribution in [2.45, 2.75) is 19.9 Å². The smallest absolute Gasteiger partial charge is 0.169 e. The number of carbonyl (C=O) groups excluding carboxylic acids is 1. The van der Waals surface area contributed by atoms with E-state index >= 15 is 0 Å². The topological polar surface area (TPSA) is 33.5 Å². The van der Waals surface area contributed by atoms with Crippen molar-refractivity contribution in [1.29, 1.82) is 0 Å². The Morgan fingerprint density at radius 2 is 2.40 bits per heavy atom. The Morgan fingerprint density at radius 3 is 3.00 bits per heavy atom. The molecular weight excluding hydrogens is 258 g/mol. The van der Waals surface area contributed by atoms with Crippen molar-refractivity contribution < 1.29 is 9.21 Å². The van der Waals surface area contributed by atoms with E-state index in [1.54, 1.807) is 0 Å². The zero-order valence-corrected chi connectivity index (χ0v) is 10.3. The van der Waals surface area contributed by atoms with E-state index in [4.69, 9.17) is 4.42 Å². The second-order valence-electron chi connectivity index (χ2n) is 4.06. The lowest BCUT2D eigenvalue weighted by atomic mass is 9.99. The number of piperidine rings is 1. The Labute approximate surface area is 97.6 Å². The Balaban J connectivity index is 1.93. The van der Waals surface area contributed by atoms with Crippen LogP contribution in [-0.2, 0) is 11.3 Å². The Hall–Kier alpha value is -0.610. The summed E-state index contributed by atoms with van der Waals surface area (Å²) in [5.41, 5.74) is 0. The first-order chi connectivity index (χ1) is 7.15. The number of halogens is 1. The van der Waals surface area contributed by atoms with Crippen molar-refractivity contribution in [3.63, 3.8) is 0 Å². The van der Waals surface area contributed by atoms with Crippen LogP contribution in [0.3, 0.4) is 0 Å². The summed E-state index contributed by atoms with van der Waals surface area (Å²) in [7, 11) is 0. The van der Waals surface area contributed by atoms with Gasteiger partial charge in [-0.05, 0) is 28.1 Å². The molecule has 0 spiro atoms. The molecule has 15 heavy (non-hydrogen) atoms. The van der Waals surface area contributed by atoms with Gasteiger partial charge in [0, 0.05) is 25.4 Å². The van der Waals surface area contributed by atoms with Crippen LogP contribution in [-0.4, -0.2) is 23.8 Å². The first-order valence-corrected chi connectivity index (χ1v) is 5.94. The van der Waals surface area contributed by atoms with Crippen molar-refractivity contribution >= 4 is 21.7 Å². The Morgan fingerprint density at radius 1 is 1.60 bits per heavy atom. The zero-order valence-electron chi connectivity index (χ0n) is 8.70. The fraction of sp³-hybridized carbons (Fsp3) is 0.545. The van der Waals surface area contributed by atoms with E-state index < -0.39 is 0 Å². The molecule has 0 amide bonds. The van der Waals surface area contributed by atoms with Crippen LogP contribution in [0.15, 0.2) is 21.2 Å². The molecule has 2 rings (SSSR count). The standard InChI is InChI=1S/C11H14BrNO2/c1-8-6-13(5-4-10(8)14)7-9-2-3-11(12)15-9/h2-3,8H,4-7H2,1H3. The number of nitrogens with zero attached hydrogens (tertiary/aromatic N) is 1. The third-order valence-electron chi connectivity index (χ3n) is 2.76. The van der Waals surface area contributed by atoms with E-state index in [0.29, 0.717) is 12.2 Å². The van der Waals surface area contributed by atoms with Gasteiger partial charge in [0.15, 0.2) is 4.67 Å². The number of carbonyl (C=O) groups is 1. The molecule has 0 radical (unpaired) electrons. The van der Waals surface area contributed by atoms with Gasteiger partial charge >= 0.3 is 0 Å². The SMILES string of the molecule is CC1CN(Cc2ccc(Br)o2)CCC1=O. The summed E-state index contributed by atoms with van der Waals surface area (Å²) in [4.78, 5) is 13.6. The van der Waals surface area contributed by atoms with E-state index in [2.05, 4.69) is 20.8 Å². The molecule has 1 saturated heterocycles. The second kappa shape index (κ2) is 4.49. The molecule has 1 aliphatic heterocycles. The number of ketones is 1. The minimum Gasteiger partial charge on any atom is -0.453 e. The highest BCUT2D eigenvalue weighted by atomic mass is 79.9. The van der Waals surface area contributed by atoms with Crippen LogP contribution < -0.4 is 0 Å². The third-order valence-corrected chi connectivity index (χ3v) is 3.19. The monoisotopic (exact) mass is 271 g/mol. The van der Waals surface area contributed by atoms with Crippen LogP contribution in [0.5, 0.6) is 0 Å². The van der Waals surface area contributed by atoms with Gasteiger partial charge in [-0.25, -0.2) is 0 Å². The summed E-state index contributed by atoms with van der Waals surface area (Å²) in [5.74, 6) is 1.49. The molecule has 1 aromatic heterocycles. The molecule has 82 valence electrons. The van der Waals surface area contributed by atoms with Crippen LogP contribution in [0, 0.1) is 5.92 Å². The first kappa shape index (κ1) is 10.9. The maximum absolute atomic E-state index is 11.3. The van der Waals surface area contributed by atoms with E-state index in [-0.39, 0.29) is 5.92 Å². The number of hydrogen-bond donors (Lipinski definition) is 0. The molecule has 1 atom stereocenters. The number of likely N-dealkylation sites (tertiary alicyclic amines) is 1. The second-order valence-corrected chi connectivity index (χ2v) is 4.84. The van der Waals surface area contributed by atoms with Crippen molar-refractivity contribution in [3.05, 3.63) is 22.6 Å². The van der Waals surface area contributed by atoms with Gasteiger partial charge in [0.2, 0.25) is 0 Å². The quantitative estimate of drug-likeness (QED) is 0.829. The summed E-state index contributed by atoms with van der Waals surface area (Å²) >= 11 is 3.28. The van der Waals surface area contributed by atoms with Crippen LogP contribution >= 0.6 is 15.9 Å². The number of Topliss-reactive ketones (excluding diaryl/α,β-unsaturated/α-hetero) is 1. The maximum atomic E-state index is 11.3. The minimum absolute atomic E-state index is 0.164. The molecule has 0 N–H and O–H groups in total. The average Bonchev–Trinajstić information content (AvgIpc) is 2.58. The van der Waals surface area contributed by atoms with Gasteiger partial charge in [-0.3, -0.25) is 9.69 Å². The normalized spacial score (nSPS) is 23.3. The van der Waals surface area contributed by atoms with Crippen molar-refractivity contribution in [1.82, 2.24) is 4.90 Å². The lowest BCUT2D eigenvalue weighted by Crippen LogP contribution is -2.38. The largest absolute Gasteiger partial charge is 0.453 e. The molecule has 0 aromatic carbocycles. The van der Waals surface area contributed by atoms with Crippen LogP contribution in [0.25, 0.3) is 0 Å². The third kappa shape index (κ3) is 2.69. The lowest BCUT2D eigenvalue weighted by Gasteiger charge is -2.28. The van der Waals surface area contributed by atoms with Crippen molar-refractivity contribution in [2.24, 2.45) is 5.92 Å². The number of rotatable bonds is 2. The molecule has 1 unspecified atom stereocenters. The molecule has 1 fully saturated rings. The Kier molecular flexibility index (Phi) is 3.26. The molecule has 0 aliphatic carbocycles. The molecule has 4 heteroatoms. The van der Waals surface area contributed by atoms with Gasteiger partial charge in [0.05, 0.1) is 6.54 Å². The van der Waals surface area contributed by atoms with E-state index in [1.165, 1.54) is 0 Å². The fourth-order valence-electron chi connectivity index (χ4n) is 1.90. The molecule has 0 bridgehead atoms. The summed E-state index contributed by atoms with van der Waals surface area (Å²) in [6, 6.07) is 3.86. The van der Waals surface area contributed by atoms with Gasteiger partial charge in [-0.15, -0.1) is 0 Å². The zero-order chi connectivity index (χ0) is 10.8. The highest BCUT2D eigenvalue weighted by Gasteiger charge is 2.23. The summed E-state index contributed by atoms with van der Waals surface area (Å²) < 4.78 is 6.20. The van der Waals surface area contributed by atoms with E-state index in [9.17, 15) is 4.79 Å². The summed E-state index contributed by atoms with van der Waals surface area (Å²) in [5, 5.41) is 0. The molecule has 1 aliphatic rings. The van der Waals surface area contributed by atoms with Crippen LogP contribution in [0.2, 0.25) is 0 Å². The summed E-state index contributed by atoms with van der Waals surface area (Å²) in [6.07, 6.45) is 0.670. The predicted molar refractivity (Wildman–Crippen MR) is 60.5 cm³/mol. The Bertz CT molecular complexity index is 361. The maximum Gasteiger partial charge on any atom is 0.169 e. The first-order valence-electron chi connectivity index (χ1n) is 5.14.